The lowest BCUT2D eigenvalue weighted by atomic mass is 10.2. The van der Waals surface area contributed by atoms with E-state index in [4.69, 9.17) is 4.74 Å². The standard InChI is InChI=1S/C18H22N2O2/c1-2-22-17-11-7-6-10-16(17)19-13-12-18(21)20-14-15-8-4-3-5-9-15/h3-11,19H,2,12-14H2,1H3,(H,20,21). The molecule has 0 saturated heterocycles. The summed E-state index contributed by atoms with van der Waals surface area (Å²) in [4.78, 5) is 11.8. The summed E-state index contributed by atoms with van der Waals surface area (Å²) < 4.78 is 5.54. The maximum atomic E-state index is 11.8. The largest absolute Gasteiger partial charge is 0.492 e. The Morgan fingerprint density at radius 3 is 2.55 bits per heavy atom. The van der Waals surface area contributed by atoms with Crippen molar-refractivity contribution in [2.75, 3.05) is 18.5 Å². The summed E-state index contributed by atoms with van der Waals surface area (Å²) in [6, 6.07) is 17.6. The molecule has 2 N–H and O–H groups in total. The normalized spacial score (nSPS) is 10.0. The third-order valence-corrected chi connectivity index (χ3v) is 3.19. The first-order valence-electron chi connectivity index (χ1n) is 7.56. The minimum Gasteiger partial charge on any atom is -0.492 e. The molecule has 4 nitrogen and oxygen atoms in total. The Morgan fingerprint density at radius 1 is 1.05 bits per heavy atom. The molecule has 0 unspecified atom stereocenters. The van der Waals surface area contributed by atoms with Crippen molar-refractivity contribution in [1.82, 2.24) is 5.32 Å². The van der Waals surface area contributed by atoms with Crippen molar-refractivity contribution >= 4 is 11.6 Å². The summed E-state index contributed by atoms with van der Waals surface area (Å²) in [5.74, 6) is 0.847. The maximum absolute atomic E-state index is 11.8. The molecule has 1 amide bonds. The molecule has 0 fully saturated rings. The molecule has 116 valence electrons. The van der Waals surface area contributed by atoms with Crippen molar-refractivity contribution in [3.8, 4) is 5.75 Å². The minimum absolute atomic E-state index is 0.0326. The monoisotopic (exact) mass is 298 g/mol. The molecule has 2 aromatic rings. The Bertz CT molecular complexity index is 585. The van der Waals surface area contributed by atoms with Crippen molar-refractivity contribution in [2.45, 2.75) is 19.9 Å². The molecule has 0 aliphatic rings. The SMILES string of the molecule is CCOc1ccccc1NCCC(=O)NCc1ccccc1. The fourth-order valence-electron chi connectivity index (χ4n) is 2.09. The average molecular weight is 298 g/mol. The lowest BCUT2D eigenvalue weighted by molar-refractivity contribution is -0.121. The summed E-state index contributed by atoms with van der Waals surface area (Å²) in [5.41, 5.74) is 2.02. The van der Waals surface area contributed by atoms with Gasteiger partial charge in [0.25, 0.3) is 0 Å². The maximum Gasteiger partial charge on any atom is 0.222 e. The molecule has 2 rings (SSSR count). The summed E-state index contributed by atoms with van der Waals surface area (Å²) in [7, 11) is 0. The van der Waals surface area contributed by atoms with Gasteiger partial charge in [0.2, 0.25) is 5.91 Å². The first-order chi connectivity index (χ1) is 10.8. The van der Waals surface area contributed by atoms with E-state index < -0.39 is 0 Å². The molecule has 22 heavy (non-hydrogen) atoms. The van der Waals surface area contributed by atoms with Crippen molar-refractivity contribution in [1.29, 1.82) is 0 Å². The molecule has 4 heteroatoms. The van der Waals surface area contributed by atoms with Crippen LogP contribution in [-0.2, 0) is 11.3 Å². The number of carbonyl (C=O) groups excluding carboxylic acids is 1. The van der Waals surface area contributed by atoms with Crippen LogP contribution in [0.3, 0.4) is 0 Å². The molecule has 0 radical (unpaired) electrons. The van der Waals surface area contributed by atoms with Crippen molar-refractivity contribution in [2.24, 2.45) is 0 Å². The zero-order valence-electron chi connectivity index (χ0n) is 12.8. The molecule has 0 saturated carbocycles. The van der Waals surface area contributed by atoms with Gasteiger partial charge in [-0.25, -0.2) is 0 Å². The predicted molar refractivity (Wildman–Crippen MR) is 89.0 cm³/mol. The lowest BCUT2D eigenvalue weighted by Gasteiger charge is -2.12. The van der Waals surface area contributed by atoms with Gasteiger partial charge in [0.15, 0.2) is 0 Å². The van der Waals surface area contributed by atoms with E-state index in [-0.39, 0.29) is 5.91 Å². The number of benzene rings is 2. The lowest BCUT2D eigenvalue weighted by Crippen LogP contribution is -2.24. The Labute approximate surface area is 131 Å². The summed E-state index contributed by atoms with van der Waals surface area (Å²) in [6.07, 6.45) is 0.424. The number of rotatable bonds is 8. The van der Waals surface area contributed by atoms with E-state index in [1.54, 1.807) is 0 Å². The minimum atomic E-state index is 0.0326. The summed E-state index contributed by atoms with van der Waals surface area (Å²) in [5, 5.41) is 6.16. The second-order valence-corrected chi connectivity index (χ2v) is 4.87. The third kappa shape index (κ3) is 5.13. The van der Waals surface area contributed by atoms with E-state index in [2.05, 4.69) is 10.6 Å². The first kappa shape index (κ1) is 15.9. The summed E-state index contributed by atoms with van der Waals surface area (Å²) >= 11 is 0. The molecule has 0 spiro atoms. The van der Waals surface area contributed by atoms with Crippen LogP contribution in [0.1, 0.15) is 18.9 Å². The zero-order valence-corrected chi connectivity index (χ0v) is 12.8. The number of para-hydroxylation sites is 2. The van der Waals surface area contributed by atoms with Gasteiger partial charge in [0, 0.05) is 19.5 Å². The number of ether oxygens (including phenoxy) is 1. The van der Waals surface area contributed by atoms with Gasteiger partial charge >= 0.3 is 0 Å². The summed E-state index contributed by atoms with van der Waals surface area (Å²) in [6.45, 7) is 3.71. The van der Waals surface area contributed by atoms with E-state index >= 15 is 0 Å². The molecule has 0 aromatic heterocycles. The molecule has 0 aliphatic carbocycles. The van der Waals surface area contributed by atoms with Crippen LogP contribution in [0.5, 0.6) is 5.75 Å². The number of carbonyl (C=O) groups is 1. The number of hydrogen-bond acceptors (Lipinski definition) is 3. The Hall–Kier alpha value is -2.49. The molecular formula is C18H22N2O2. The van der Waals surface area contributed by atoms with Crippen LogP contribution in [0.4, 0.5) is 5.69 Å². The smallest absolute Gasteiger partial charge is 0.222 e. The highest BCUT2D eigenvalue weighted by Gasteiger charge is 2.04. The van der Waals surface area contributed by atoms with Gasteiger partial charge in [0.1, 0.15) is 5.75 Å². The van der Waals surface area contributed by atoms with Crippen LogP contribution < -0.4 is 15.4 Å². The van der Waals surface area contributed by atoms with Crippen molar-refractivity contribution < 1.29 is 9.53 Å². The molecule has 0 atom stereocenters. The number of nitrogens with one attached hydrogen (secondary N) is 2. The van der Waals surface area contributed by atoms with Crippen LogP contribution in [0.2, 0.25) is 0 Å². The topological polar surface area (TPSA) is 50.4 Å². The van der Waals surface area contributed by atoms with E-state index in [1.807, 2.05) is 61.5 Å². The Kier molecular flexibility index (Phi) is 6.30. The van der Waals surface area contributed by atoms with Gasteiger partial charge in [0.05, 0.1) is 12.3 Å². The fourth-order valence-corrected chi connectivity index (χ4v) is 2.09. The highest BCUT2D eigenvalue weighted by molar-refractivity contribution is 5.76. The van der Waals surface area contributed by atoms with E-state index in [0.29, 0.717) is 26.1 Å². The van der Waals surface area contributed by atoms with Gasteiger partial charge in [-0.05, 0) is 24.6 Å². The quantitative estimate of drug-likeness (QED) is 0.787. The molecule has 0 heterocycles. The van der Waals surface area contributed by atoms with Crippen LogP contribution in [0.25, 0.3) is 0 Å². The van der Waals surface area contributed by atoms with Crippen molar-refractivity contribution in [3.63, 3.8) is 0 Å². The van der Waals surface area contributed by atoms with Crippen LogP contribution >= 0.6 is 0 Å². The second-order valence-electron chi connectivity index (χ2n) is 4.87. The number of hydrogen-bond donors (Lipinski definition) is 2. The van der Waals surface area contributed by atoms with E-state index in [1.165, 1.54) is 0 Å². The zero-order chi connectivity index (χ0) is 15.6. The molecule has 0 bridgehead atoms. The van der Waals surface area contributed by atoms with Gasteiger partial charge in [-0.1, -0.05) is 42.5 Å². The molecule has 2 aromatic carbocycles. The van der Waals surface area contributed by atoms with Crippen LogP contribution in [0, 0.1) is 0 Å². The first-order valence-corrected chi connectivity index (χ1v) is 7.56. The average Bonchev–Trinajstić information content (AvgIpc) is 2.56. The number of anilines is 1. The van der Waals surface area contributed by atoms with Gasteiger partial charge in [-0.2, -0.15) is 0 Å². The highest BCUT2D eigenvalue weighted by atomic mass is 16.5. The Balaban J connectivity index is 1.73. The predicted octanol–water partition coefficient (Wildman–Crippen LogP) is 3.20. The van der Waals surface area contributed by atoms with Gasteiger partial charge in [-0.3, -0.25) is 4.79 Å². The van der Waals surface area contributed by atoms with E-state index in [0.717, 1.165) is 17.0 Å². The molecule has 0 aliphatic heterocycles. The van der Waals surface area contributed by atoms with Crippen LogP contribution in [0.15, 0.2) is 54.6 Å². The molecular weight excluding hydrogens is 276 g/mol. The van der Waals surface area contributed by atoms with Crippen molar-refractivity contribution in [3.05, 3.63) is 60.2 Å². The second kappa shape index (κ2) is 8.72. The van der Waals surface area contributed by atoms with Gasteiger partial charge in [-0.15, -0.1) is 0 Å². The number of amides is 1. The van der Waals surface area contributed by atoms with Gasteiger partial charge < -0.3 is 15.4 Å². The third-order valence-electron chi connectivity index (χ3n) is 3.19. The van der Waals surface area contributed by atoms with E-state index in [9.17, 15) is 4.79 Å². The van der Waals surface area contributed by atoms with Crippen LogP contribution in [-0.4, -0.2) is 19.1 Å². The fraction of sp³-hybridized carbons (Fsp3) is 0.278. The Morgan fingerprint density at radius 2 is 1.77 bits per heavy atom. The highest BCUT2D eigenvalue weighted by Crippen LogP contribution is 2.23.